The molecular formula is C24H23N3O3. The van der Waals surface area contributed by atoms with Crippen molar-refractivity contribution in [2.24, 2.45) is 5.10 Å². The Bertz CT molecular complexity index is 1060. The molecule has 0 fully saturated rings. The van der Waals surface area contributed by atoms with Crippen LogP contribution >= 0.6 is 0 Å². The summed E-state index contributed by atoms with van der Waals surface area (Å²) in [6, 6.07) is 22.9. The molecule has 1 N–H and O–H groups in total. The van der Waals surface area contributed by atoms with Gasteiger partial charge in [-0.25, -0.2) is 0 Å². The van der Waals surface area contributed by atoms with Gasteiger partial charge in [0, 0.05) is 0 Å². The smallest absolute Gasteiger partial charge is 0.161 e. The van der Waals surface area contributed by atoms with E-state index in [9.17, 15) is 0 Å². The molecule has 152 valence electrons. The highest BCUT2D eigenvalue weighted by atomic mass is 16.5. The summed E-state index contributed by atoms with van der Waals surface area (Å²) in [6.07, 6.45) is 1.74. The summed E-state index contributed by atoms with van der Waals surface area (Å²) in [4.78, 5) is 0. The fraction of sp³-hybridized carbons (Fsp3) is 0.167. The van der Waals surface area contributed by atoms with E-state index in [0.717, 1.165) is 22.4 Å². The molecule has 30 heavy (non-hydrogen) atoms. The number of nitriles is 1. The van der Waals surface area contributed by atoms with Crippen LogP contribution in [0, 0.1) is 11.3 Å². The second kappa shape index (κ2) is 10.5. The average molecular weight is 401 g/mol. The standard InChI is InChI=1S/C24H23N3O3/c1-28-23-10-9-20(13-24(23)29-2)16-27-26-15-19-6-4-8-22(12-19)30-17-21-7-3-5-18(11-21)14-25/h3-13,15,27H,16-17H2,1-2H3/b26-15+. The van der Waals surface area contributed by atoms with Crippen LogP contribution in [0.15, 0.2) is 71.8 Å². The largest absolute Gasteiger partial charge is 0.493 e. The predicted octanol–water partition coefficient (Wildman–Crippen LogP) is 4.28. The Labute approximate surface area is 176 Å². The molecule has 0 aliphatic carbocycles. The molecule has 0 unspecified atom stereocenters. The number of nitrogens with zero attached hydrogens (tertiary/aromatic N) is 2. The van der Waals surface area contributed by atoms with Gasteiger partial charge in [-0.05, 0) is 53.1 Å². The molecule has 0 aliphatic rings. The Balaban J connectivity index is 1.54. The van der Waals surface area contributed by atoms with E-state index in [-0.39, 0.29) is 0 Å². The van der Waals surface area contributed by atoms with E-state index < -0.39 is 0 Å². The lowest BCUT2D eigenvalue weighted by Crippen LogP contribution is -2.06. The van der Waals surface area contributed by atoms with Gasteiger partial charge in [0.05, 0.1) is 38.6 Å². The van der Waals surface area contributed by atoms with Gasteiger partial charge >= 0.3 is 0 Å². The fourth-order valence-corrected chi connectivity index (χ4v) is 2.83. The van der Waals surface area contributed by atoms with Gasteiger partial charge in [0.1, 0.15) is 12.4 Å². The molecular weight excluding hydrogens is 378 g/mol. The average Bonchev–Trinajstić information content (AvgIpc) is 2.80. The van der Waals surface area contributed by atoms with E-state index >= 15 is 0 Å². The first kappa shape index (κ1) is 20.7. The monoisotopic (exact) mass is 401 g/mol. The molecule has 3 aromatic rings. The summed E-state index contributed by atoms with van der Waals surface area (Å²) in [5.74, 6) is 2.12. The van der Waals surface area contributed by atoms with Crippen LogP contribution < -0.4 is 19.6 Å². The fourth-order valence-electron chi connectivity index (χ4n) is 2.83. The molecule has 0 atom stereocenters. The van der Waals surface area contributed by atoms with Crippen molar-refractivity contribution in [2.45, 2.75) is 13.2 Å². The zero-order valence-corrected chi connectivity index (χ0v) is 17.0. The van der Waals surface area contributed by atoms with Crippen LogP contribution in [0.2, 0.25) is 0 Å². The zero-order valence-electron chi connectivity index (χ0n) is 17.0. The SMILES string of the molecule is COc1ccc(CN/N=C/c2cccc(OCc3cccc(C#N)c3)c2)cc1OC. The van der Waals surface area contributed by atoms with Crippen molar-refractivity contribution in [1.29, 1.82) is 5.26 Å². The number of hydrogen-bond donors (Lipinski definition) is 1. The molecule has 0 radical (unpaired) electrons. The summed E-state index contributed by atoms with van der Waals surface area (Å²) in [5, 5.41) is 13.3. The van der Waals surface area contributed by atoms with Gasteiger partial charge in [0.15, 0.2) is 11.5 Å². The highest BCUT2D eigenvalue weighted by Gasteiger charge is 2.04. The van der Waals surface area contributed by atoms with Crippen LogP contribution in [-0.2, 0) is 13.2 Å². The van der Waals surface area contributed by atoms with Gasteiger partial charge in [0.2, 0.25) is 0 Å². The van der Waals surface area contributed by atoms with Gasteiger partial charge in [-0.3, -0.25) is 0 Å². The minimum Gasteiger partial charge on any atom is -0.493 e. The number of benzene rings is 3. The molecule has 6 nitrogen and oxygen atoms in total. The minimum atomic E-state index is 0.396. The maximum atomic E-state index is 8.99. The normalized spacial score (nSPS) is 10.4. The van der Waals surface area contributed by atoms with E-state index in [4.69, 9.17) is 19.5 Å². The Kier molecular flexibility index (Phi) is 7.28. The van der Waals surface area contributed by atoms with Crippen molar-refractivity contribution < 1.29 is 14.2 Å². The van der Waals surface area contributed by atoms with E-state index in [1.807, 2.05) is 60.7 Å². The Morgan fingerprint density at radius 2 is 1.77 bits per heavy atom. The molecule has 6 heteroatoms. The molecule has 0 spiro atoms. The van der Waals surface area contributed by atoms with Gasteiger partial charge in [-0.2, -0.15) is 10.4 Å². The topological polar surface area (TPSA) is 75.9 Å². The van der Waals surface area contributed by atoms with Gasteiger partial charge in [0.25, 0.3) is 0 Å². The summed E-state index contributed by atoms with van der Waals surface area (Å²) in [5.41, 5.74) is 6.55. The molecule has 3 rings (SSSR count). The van der Waals surface area contributed by atoms with E-state index in [0.29, 0.717) is 30.2 Å². The first-order valence-corrected chi connectivity index (χ1v) is 9.40. The molecule has 0 saturated carbocycles. The third-order valence-electron chi connectivity index (χ3n) is 4.36. The maximum Gasteiger partial charge on any atom is 0.161 e. The Hall–Kier alpha value is -3.98. The second-order valence-corrected chi connectivity index (χ2v) is 6.46. The van der Waals surface area contributed by atoms with Crippen LogP contribution in [0.1, 0.15) is 22.3 Å². The highest BCUT2D eigenvalue weighted by Crippen LogP contribution is 2.27. The Morgan fingerprint density at radius 1 is 0.933 bits per heavy atom. The van der Waals surface area contributed by atoms with Crippen LogP contribution in [0.4, 0.5) is 0 Å². The first-order valence-electron chi connectivity index (χ1n) is 9.40. The maximum absolute atomic E-state index is 8.99. The van der Waals surface area contributed by atoms with Gasteiger partial charge in [-0.15, -0.1) is 0 Å². The predicted molar refractivity (Wildman–Crippen MR) is 116 cm³/mol. The van der Waals surface area contributed by atoms with Crippen molar-refractivity contribution in [3.05, 3.63) is 89.0 Å². The van der Waals surface area contributed by atoms with Crippen LogP contribution in [0.3, 0.4) is 0 Å². The number of hydrazone groups is 1. The third kappa shape index (κ3) is 5.76. The number of nitrogens with one attached hydrogen (secondary N) is 1. The summed E-state index contributed by atoms with van der Waals surface area (Å²) >= 11 is 0. The molecule has 0 aromatic heterocycles. The van der Waals surface area contributed by atoms with Crippen molar-refractivity contribution in [3.8, 4) is 23.3 Å². The lowest BCUT2D eigenvalue weighted by atomic mass is 10.1. The molecule has 0 heterocycles. The van der Waals surface area contributed by atoms with E-state index in [1.165, 1.54) is 0 Å². The lowest BCUT2D eigenvalue weighted by molar-refractivity contribution is 0.306. The van der Waals surface area contributed by atoms with Gasteiger partial charge < -0.3 is 19.6 Å². The number of hydrogen-bond acceptors (Lipinski definition) is 6. The number of methoxy groups -OCH3 is 2. The number of rotatable bonds is 9. The minimum absolute atomic E-state index is 0.396. The summed E-state index contributed by atoms with van der Waals surface area (Å²) < 4.78 is 16.4. The molecule has 0 saturated heterocycles. The summed E-state index contributed by atoms with van der Waals surface area (Å²) in [7, 11) is 3.23. The van der Waals surface area contributed by atoms with Crippen molar-refractivity contribution in [3.63, 3.8) is 0 Å². The quantitative estimate of drug-likeness (QED) is 0.428. The highest BCUT2D eigenvalue weighted by molar-refractivity contribution is 5.79. The number of ether oxygens (including phenoxy) is 3. The van der Waals surface area contributed by atoms with Crippen molar-refractivity contribution in [2.75, 3.05) is 14.2 Å². The van der Waals surface area contributed by atoms with Crippen LogP contribution in [0.5, 0.6) is 17.2 Å². The molecule has 0 amide bonds. The van der Waals surface area contributed by atoms with E-state index in [2.05, 4.69) is 16.6 Å². The molecule has 0 bridgehead atoms. The van der Waals surface area contributed by atoms with E-state index in [1.54, 1.807) is 26.5 Å². The van der Waals surface area contributed by atoms with Crippen molar-refractivity contribution >= 4 is 6.21 Å². The van der Waals surface area contributed by atoms with Crippen LogP contribution in [0.25, 0.3) is 0 Å². The van der Waals surface area contributed by atoms with Gasteiger partial charge in [-0.1, -0.05) is 30.3 Å². The zero-order chi connectivity index (χ0) is 21.2. The lowest BCUT2D eigenvalue weighted by Gasteiger charge is -2.09. The summed E-state index contributed by atoms with van der Waals surface area (Å²) in [6.45, 7) is 0.954. The molecule has 0 aliphatic heterocycles. The molecule has 3 aromatic carbocycles. The second-order valence-electron chi connectivity index (χ2n) is 6.46. The first-order chi connectivity index (χ1) is 14.7. The van der Waals surface area contributed by atoms with Crippen molar-refractivity contribution in [1.82, 2.24) is 5.43 Å². The third-order valence-corrected chi connectivity index (χ3v) is 4.36. The van der Waals surface area contributed by atoms with Crippen LogP contribution in [-0.4, -0.2) is 20.4 Å². The Morgan fingerprint density at radius 3 is 2.57 bits per heavy atom.